The SMILES string of the molecule is CCc1cc(C(C)N)cc2c1OCCC2NC(=O)CC(C)C. The van der Waals surface area contributed by atoms with Crippen molar-refractivity contribution in [2.75, 3.05) is 6.61 Å². The summed E-state index contributed by atoms with van der Waals surface area (Å²) in [6, 6.07) is 4.23. The van der Waals surface area contributed by atoms with Crippen molar-refractivity contribution >= 4 is 5.91 Å². The smallest absolute Gasteiger partial charge is 0.220 e. The van der Waals surface area contributed by atoms with Gasteiger partial charge >= 0.3 is 0 Å². The summed E-state index contributed by atoms with van der Waals surface area (Å²) in [5.74, 6) is 1.41. The molecule has 0 spiro atoms. The molecule has 4 heteroatoms. The second-order valence-electron chi connectivity index (χ2n) is 6.60. The van der Waals surface area contributed by atoms with E-state index in [9.17, 15) is 4.79 Å². The molecule has 1 aliphatic rings. The van der Waals surface area contributed by atoms with Crippen molar-refractivity contribution in [1.82, 2.24) is 5.32 Å². The summed E-state index contributed by atoms with van der Waals surface area (Å²) < 4.78 is 5.88. The fourth-order valence-corrected chi connectivity index (χ4v) is 2.91. The predicted octanol–water partition coefficient (Wildman–Crippen LogP) is 3.25. The molecule has 0 saturated heterocycles. The fraction of sp³-hybridized carbons (Fsp3) is 0.611. The molecule has 0 bridgehead atoms. The zero-order valence-electron chi connectivity index (χ0n) is 14.1. The van der Waals surface area contributed by atoms with Crippen LogP contribution in [-0.4, -0.2) is 12.5 Å². The van der Waals surface area contributed by atoms with E-state index in [-0.39, 0.29) is 18.0 Å². The predicted molar refractivity (Wildman–Crippen MR) is 88.9 cm³/mol. The summed E-state index contributed by atoms with van der Waals surface area (Å²) in [6.07, 6.45) is 2.26. The average Bonchev–Trinajstić information content (AvgIpc) is 2.45. The van der Waals surface area contributed by atoms with Crippen molar-refractivity contribution in [3.8, 4) is 5.75 Å². The van der Waals surface area contributed by atoms with Crippen LogP contribution in [0.4, 0.5) is 0 Å². The van der Waals surface area contributed by atoms with E-state index in [0.717, 1.165) is 29.7 Å². The Bertz CT molecular complexity index is 538. The molecule has 0 saturated carbocycles. The number of carbonyl (C=O) groups excluding carboxylic acids is 1. The summed E-state index contributed by atoms with van der Waals surface area (Å²) in [7, 11) is 0. The lowest BCUT2D eigenvalue weighted by Gasteiger charge is -2.29. The lowest BCUT2D eigenvalue weighted by molar-refractivity contribution is -0.122. The number of amides is 1. The van der Waals surface area contributed by atoms with Crippen LogP contribution in [0.25, 0.3) is 0 Å². The van der Waals surface area contributed by atoms with Gasteiger partial charge < -0.3 is 15.8 Å². The average molecular weight is 304 g/mol. The normalized spacial score (nSPS) is 18.5. The first-order valence-corrected chi connectivity index (χ1v) is 8.26. The van der Waals surface area contributed by atoms with Crippen LogP contribution < -0.4 is 15.8 Å². The summed E-state index contributed by atoms with van der Waals surface area (Å²) in [5.41, 5.74) is 9.41. The Labute approximate surface area is 133 Å². The molecule has 0 radical (unpaired) electrons. The monoisotopic (exact) mass is 304 g/mol. The first-order valence-electron chi connectivity index (χ1n) is 8.26. The highest BCUT2D eigenvalue weighted by Crippen LogP contribution is 2.37. The van der Waals surface area contributed by atoms with Crippen LogP contribution in [0.15, 0.2) is 12.1 Å². The zero-order valence-corrected chi connectivity index (χ0v) is 14.1. The molecule has 1 heterocycles. The molecule has 3 N–H and O–H groups in total. The second kappa shape index (κ2) is 7.14. The lowest BCUT2D eigenvalue weighted by Crippen LogP contribution is -2.33. The molecule has 1 aromatic rings. The van der Waals surface area contributed by atoms with Crippen LogP contribution in [0.3, 0.4) is 0 Å². The van der Waals surface area contributed by atoms with E-state index in [0.29, 0.717) is 18.9 Å². The van der Waals surface area contributed by atoms with Gasteiger partial charge in [-0.2, -0.15) is 0 Å². The Hall–Kier alpha value is -1.55. The van der Waals surface area contributed by atoms with E-state index < -0.39 is 0 Å². The highest BCUT2D eigenvalue weighted by Gasteiger charge is 2.26. The minimum absolute atomic E-state index is 0.0236. The van der Waals surface area contributed by atoms with Gasteiger partial charge in [0, 0.05) is 24.4 Å². The Morgan fingerprint density at radius 2 is 2.14 bits per heavy atom. The van der Waals surface area contributed by atoms with Gasteiger partial charge in [-0.15, -0.1) is 0 Å². The largest absolute Gasteiger partial charge is 0.493 e. The number of ether oxygens (including phenoxy) is 1. The van der Waals surface area contributed by atoms with Gasteiger partial charge in [-0.1, -0.05) is 26.8 Å². The zero-order chi connectivity index (χ0) is 16.3. The third-order valence-electron chi connectivity index (χ3n) is 4.08. The van der Waals surface area contributed by atoms with Crippen LogP contribution in [0.1, 0.15) is 69.3 Å². The van der Waals surface area contributed by atoms with E-state index in [1.165, 1.54) is 5.56 Å². The van der Waals surface area contributed by atoms with Crippen molar-refractivity contribution in [1.29, 1.82) is 0 Å². The van der Waals surface area contributed by atoms with Gasteiger partial charge in [0.05, 0.1) is 12.6 Å². The molecular weight excluding hydrogens is 276 g/mol. The molecule has 2 atom stereocenters. The molecule has 1 aromatic carbocycles. The van der Waals surface area contributed by atoms with Crippen molar-refractivity contribution in [3.63, 3.8) is 0 Å². The second-order valence-corrected chi connectivity index (χ2v) is 6.60. The highest BCUT2D eigenvalue weighted by molar-refractivity contribution is 5.77. The standard InChI is InChI=1S/C18H28N2O2/c1-5-13-9-14(12(4)19)10-15-16(6-7-22-18(13)15)20-17(21)8-11(2)3/h9-12,16H,5-8,19H2,1-4H3,(H,20,21). The molecule has 0 aliphatic carbocycles. The van der Waals surface area contributed by atoms with Gasteiger partial charge in [0.25, 0.3) is 0 Å². The molecule has 1 amide bonds. The number of carbonyl (C=O) groups is 1. The van der Waals surface area contributed by atoms with E-state index >= 15 is 0 Å². The minimum Gasteiger partial charge on any atom is -0.493 e. The van der Waals surface area contributed by atoms with Crippen LogP contribution in [0.2, 0.25) is 0 Å². The molecular formula is C18H28N2O2. The number of hydrogen-bond donors (Lipinski definition) is 2. The number of hydrogen-bond acceptors (Lipinski definition) is 3. The van der Waals surface area contributed by atoms with Crippen LogP contribution in [0.5, 0.6) is 5.75 Å². The topological polar surface area (TPSA) is 64.3 Å². The molecule has 0 fully saturated rings. The summed E-state index contributed by atoms with van der Waals surface area (Å²) in [6.45, 7) is 8.86. The first kappa shape index (κ1) is 16.8. The molecule has 2 unspecified atom stereocenters. The molecule has 122 valence electrons. The highest BCUT2D eigenvalue weighted by atomic mass is 16.5. The molecule has 4 nitrogen and oxygen atoms in total. The van der Waals surface area contributed by atoms with Crippen molar-refractivity contribution in [3.05, 3.63) is 28.8 Å². The Balaban J connectivity index is 2.31. The maximum Gasteiger partial charge on any atom is 0.220 e. The van der Waals surface area contributed by atoms with E-state index in [1.807, 2.05) is 6.92 Å². The van der Waals surface area contributed by atoms with Gasteiger partial charge in [0.1, 0.15) is 5.75 Å². The van der Waals surface area contributed by atoms with Crippen LogP contribution in [-0.2, 0) is 11.2 Å². The number of fused-ring (bicyclic) bond motifs is 1. The summed E-state index contributed by atoms with van der Waals surface area (Å²) >= 11 is 0. The van der Waals surface area contributed by atoms with E-state index in [1.54, 1.807) is 0 Å². The number of aryl methyl sites for hydroxylation is 1. The van der Waals surface area contributed by atoms with E-state index in [2.05, 4.69) is 38.2 Å². The van der Waals surface area contributed by atoms with Crippen molar-refractivity contribution in [2.24, 2.45) is 11.7 Å². The third kappa shape index (κ3) is 3.80. The molecule has 22 heavy (non-hydrogen) atoms. The van der Waals surface area contributed by atoms with Gasteiger partial charge in [-0.3, -0.25) is 4.79 Å². The summed E-state index contributed by atoms with van der Waals surface area (Å²) in [4.78, 5) is 12.1. The number of benzene rings is 1. The van der Waals surface area contributed by atoms with Gasteiger partial charge in [-0.25, -0.2) is 0 Å². The molecule has 2 rings (SSSR count). The van der Waals surface area contributed by atoms with Crippen LogP contribution >= 0.6 is 0 Å². The van der Waals surface area contributed by atoms with Gasteiger partial charge in [0.15, 0.2) is 0 Å². The maximum absolute atomic E-state index is 12.1. The van der Waals surface area contributed by atoms with Gasteiger partial charge in [0.2, 0.25) is 5.91 Å². The Kier molecular flexibility index (Phi) is 5.46. The van der Waals surface area contributed by atoms with Crippen molar-refractivity contribution < 1.29 is 9.53 Å². The Morgan fingerprint density at radius 3 is 2.73 bits per heavy atom. The van der Waals surface area contributed by atoms with E-state index in [4.69, 9.17) is 10.5 Å². The number of nitrogens with two attached hydrogens (primary N) is 1. The minimum atomic E-state index is -0.0236. The quantitative estimate of drug-likeness (QED) is 0.877. The molecule has 1 aliphatic heterocycles. The Morgan fingerprint density at radius 1 is 1.41 bits per heavy atom. The fourth-order valence-electron chi connectivity index (χ4n) is 2.91. The molecule has 0 aromatic heterocycles. The number of rotatable bonds is 5. The third-order valence-corrected chi connectivity index (χ3v) is 4.08. The van der Waals surface area contributed by atoms with Gasteiger partial charge in [-0.05, 0) is 36.5 Å². The van der Waals surface area contributed by atoms with Crippen molar-refractivity contribution in [2.45, 2.75) is 59.0 Å². The maximum atomic E-state index is 12.1. The van der Waals surface area contributed by atoms with Crippen LogP contribution in [0, 0.1) is 5.92 Å². The summed E-state index contributed by atoms with van der Waals surface area (Å²) in [5, 5.41) is 3.16. The lowest BCUT2D eigenvalue weighted by atomic mass is 9.92. The number of nitrogens with one attached hydrogen (secondary N) is 1. The first-order chi connectivity index (χ1) is 10.4.